The van der Waals surface area contributed by atoms with Crippen LogP contribution in [-0.4, -0.2) is 42.0 Å². The Morgan fingerprint density at radius 1 is 0.718 bits per heavy atom. The van der Waals surface area contributed by atoms with E-state index >= 15 is 0 Å². The second-order valence-corrected chi connectivity index (χ2v) is 9.12. The average molecular weight is 531 g/mol. The molecule has 4 amide bonds. The molecule has 204 valence electrons. The Morgan fingerprint density at radius 2 is 1.33 bits per heavy atom. The van der Waals surface area contributed by atoms with E-state index in [0.29, 0.717) is 18.5 Å². The van der Waals surface area contributed by atoms with Crippen molar-refractivity contribution in [3.05, 3.63) is 96.1 Å². The van der Waals surface area contributed by atoms with Gasteiger partial charge in [-0.3, -0.25) is 14.4 Å². The normalized spacial score (nSPS) is 12.0. The number of aliphatic carboxylic acids is 1. The Bertz CT molecular complexity index is 1230. The minimum absolute atomic E-state index is 0.126. The van der Waals surface area contributed by atoms with Crippen LogP contribution >= 0.6 is 0 Å². The van der Waals surface area contributed by atoms with Crippen molar-refractivity contribution in [2.75, 3.05) is 13.1 Å². The molecular formula is C30H34N4O5. The molecule has 3 aromatic carbocycles. The standard InChI is InChI=1S/C30H34N4O5/c1-21(22-9-4-2-5-10-22)33-30(39)31-18-8-13-27(35)32-20-28(36)34-26(19-29(37)38)25-16-14-24(15-17-25)23-11-6-3-7-12-23/h2-7,9-12,14-17,21,26H,8,13,18-20H2,1H3,(H,32,35)(H,34,36)(H,37,38)(H2,31,33,39)/t21-,26?/m0/s1. The van der Waals surface area contributed by atoms with E-state index in [-0.39, 0.29) is 37.4 Å². The third kappa shape index (κ3) is 9.96. The summed E-state index contributed by atoms with van der Waals surface area (Å²) in [6.45, 7) is 1.90. The highest BCUT2D eigenvalue weighted by Crippen LogP contribution is 2.23. The zero-order chi connectivity index (χ0) is 28.0. The lowest BCUT2D eigenvalue weighted by molar-refractivity contribution is -0.138. The number of urea groups is 1. The van der Waals surface area contributed by atoms with Gasteiger partial charge in [0.15, 0.2) is 0 Å². The quantitative estimate of drug-likeness (QED) is 0.213. The number of benzene rings is 3. The molecule has 0 radical (unpaired) electrons. The third-order valence-corrected chi connectivity index (χ3v) is 6.09. The molecule has 9 heteroatoms. The van der Waals surface area contributed by atoms with E-state index in [0.717, 1.165) is 16.7 Å². The summed E-state index contributed by atoms with van der Waals surface area (Å²) in [5, 5.41) is 20.1. The molecule has 39 heavy (non-hydrogen) atoms. The number of carbonyl (C=O) groups is 4. The van der Waals surface area contributed by atoms with Crippen LogP contribution in [0.15, 0.2) is 84.9 Å². The van der Waals surface area contributed by atoms with E-state index in [4.69, 9.17) is 0 Å². The third-order valence-electron chi connectivity index (χ3n) is 6.09. The van der Waals surface area contributed by atoms with Crippen molar-refractivity contribution in [3.8, 4) is 11.1 Å². The predicted molar refractivity (Wildman–Crippen MR) is 149 cm³/mol. The number of hydrogen-bond acceptors (Lipinski definition) is 4. The van der Waals surface area contributed by atoms with Gasteiger partial charge in [-0.05, 0) is 35.6 Å². The lowest BCUT2D eigenvalue weighted by Crippen LogP contribution is -2.40. The summed E-state index contributed by atoms with van der Waals surface area (Å²) in [7, 11) is 0. The molecule has 0 bridgehead atoms. The van der Waals surface area contributed by atoms with Crippen molar-refractivity contribution >= 4 is 23.8 Å². The highest BCUT2D eigenvalue weighted by atomic mass is 16.4. The van der Waals surface area contributed by atoms with Crippen molar-refractivity contribution in [3.63, 3.8) is 0 Å². The summed E-state index contributed by atoms with van der Waals surface area (Å²) in [5.41, 5.74) is 3.65. The zero-order valence-corrected chi connectivity index (χ0v) is 21.9. The van der Waals surface area contributed by atoms with Crippen molar-refractivity contribution in [2.45, 2.75) is 38.3 Å². The summed E-state index contributed by atoms with van der Waals surface area (Å²) in [6, 6.07) is 25.4. The van der Waals surface area contributed by atoms with E-state index in [1.807, 2.05) is 79.7 Å². The molecule has 5 N–H and O–H groups in total. The maximum Gasteiger partial charge on any atom is 0.315 e. The van der Waals surface area contributed by atoms with Gasteiger partial charge in [0.1, 0.15) is 0 Å². The van der Waals surface area contributed by atoms with E-state index in [2.05, 4.69) is 21.3 Å². The maximum absolute atomic E-state index is 12.5. The second-order valence-electron chi connectivity index (χ2n) is 9.12. The lowest BCUT2D eigenvalue weighted by Gasteiger charge is -2.18. The number of carboxylic acid groups (broad SMARTS) is 1. The van der Waals surface area contributed by atoms with Gasteiger partial charge in [-0.25, -0.2) is 4.79 Å². The van der Waals surface area contributed by atoms with Crippen LogP contribution in [0.3, 0.4) is 0 Å². The van der Waals surface area contributed by atoms with Gasteiger partial charge in [0.05, 0.1) is 25.0 Å². The molecule has 0 aliphatic carbocycles. The maximum atomic E-state index is 12.5. The van der Waals surface area contributed by atoms with Gasteiger partial charge >= 0.3 is 12.0 Å². The number of hydrogen-bond donors (Lipinski definition) is 5. The van der Waals surface area contributed by atoms with Crippen molar-refractivity contribution in [2.24, 2.45) is 0 Å². The van der Waals surface area contributed by atoms with E-state index in [1.54, 1.807) is 12.1 Å². The molecule has 3 rings (SSSR count). The SMILES string of the molecule is C[C@H](NC(=O)NCCCC(=O)NCC(=O)NC(CC(=O)O)c1ccc(-c2ccccc2)cc1)c1ccccc1. The second kappa shape index (κ2) is 14.9. The number of nitrogens with one attached hydrogen (secondary N) is 4. The molecule has 0 spiro atoms. The Balaban J connectivity index is 1.39. The van der Waals surface area contributed by atoms with Crippen LogP contribution in [0.2, 0.25) is 0 Å². The molecule has 0 fully saturated rings. The minimum Gasteiger partial charge on any atom is -0.481 e. The topological polar surface area (TPSA) is 137 Å². The van der Waals surface area contributed by atoms with Crippen molar-refractivity contribution in [1.29, 1.82) is 0 Å². The summed E-state index contributed by atoms with van der Waals surface area (Å²) >= 11 is 0. The van der Waals surface area contributed by atoms with Crippen LogP contribution in [-0.2, 0) is 14.4 Å². The minimum atomic E-state index is -1.05. The number of amides is 4. The van der Waals surface area contributed by atoms with Crippen LogP contribution in [0.25, 0.3) is 11.1 Å². The Hall–Kier alpha value is -4.66. The largest absolute Gasteiger partial charge is 0.481 e. The highest BCUT2D eigenvalue weighted by Gasteiger charge is 2.19. The number of carbonyl (C=O) groups excluding carboxylic acids is 3. The van der Waals surface area contributed by atoms with E-state index in [1.165, 1.54) is 0 Å². The summed E-state index contributed by atoms with van der Waals surface area (Å²) in [6.07, 6.45) is 0.234. The monoisotopic (exact) mass is 530 g/mol. The lowest BCUT2D eigenvalue weighted by atomic mass is 9.99. The molecule has 0 aromatic heterocycles. The van der Waals surface area contributed by atoms with Gasteiger partial charge in [-0.15, -0.1) is 0 Å². The number of rotatable bonds is 13. The molecule has 0 heterocycles. The molecule has 2 atom stereocenters. The number of carboxylic acids is 1. The smallest absolute Gasteiger partial charge is 0.315 e. The first-order valence-corrected chi connectivity index (χ1v) is 12.8. The van der Waals surface area contributed by atoms with E-state index in [9.17, 15) is 24.3 Å². The van der Waals surface area contributed by atoms with Crippen LogP contribution in [0.4, 0.5) is 4.79 Å². The fourth-order valence-electron chi connectivity index (χ4n) is 4.00. The van der Waals surface area contributed by atoms with Crippen molar-refractivity contribution in [1.82, 2.24) is 21.3 Å². The first-order chi connectivity index (χ1) is 18.8. The summed E-state index contributed by atoms with van der Waals surface area (Å²) in [5.74, 6) is -1.88. The predicted octanol–water partition coefficient (Wildman–Crippen LogP) is 3.94. The molecule has 0 saturated carbocycles. The van der Waals surface area contributed by atoms with Gasteiger partial charge in [0, 0.05) is 13.0 Å². The van der Waals surface area contributed by atoms with Crippen molar-refractivity contribution < 1.29 is 24.3 Å². The molecule has 0 aliphatic rings. The van der Waals surface area contributed by atoms with Crippen LogP contribution < -0.4 is 21.3 Å². The first-order valence-electron chi connectivity index (χ1n) is 12.8. The van der Waals surface area contributed by atoms with Crippen LogP contribution in [0, 0.1) is 0 Å². The van der Waals surface area contributed by atoms with Crippen LogP contribution in [0.5, 0.6) is 0 Å². The Kier molecular flexibility index (Phi) is 11.1. The van der Waals surface area contributed by atoms with Gasteiger partial charge < -0.3 is 26.4 Å². The fourth-order valence-corrected chi connectivity index (χ4v) is 4.00. The fraction of sp³-hybridized carbons (Fsp3) is 0.267. The van der Waals surface area contributed by atoms with Gasteiger partial charge in [0.25, 0.3) is 0 Å². The summed E-state index contributed by atoms with van der Waals surface area (Å²) < 4.78 is 0. The zero-order valence-electron chi connectivity index (χ0n) is 21.9. The van der Waals surface area contributed by atoms with Gasteiger partial charge in [0.2, 0.25) is 11.8 Å². The first kappa shape index (κ1) is 28.9. The molecule has 3 aromatic rings. The molecule has 9 nitrogen and oxygen atoms in total. The summed E-state index contributed by atoms with van der Waals surface area (Å²) in [4.78, 5) is 48.0. The average Bonchev–Trinajstić information content (AvgIpc) is 2.94. The Labute approximate surface area is 228 Å². The molecular weight excluding hydrogens is 496 g/mol. The molecule has 0 saturated heterocycles. The Morgan fingerprint density at radius 3 is 1.97 bits per heavy atom. The van der Waals surface area contributed by atoms with Gasteiger partial charge in [-0.1, -0.05) is 84.9 Å². The van der Waals surface area contributed by atoms with E-state index < -0.39 is 17.9 Å². The molecule has 0 aliphatic heterocycles. The van der Waals surface area contributed by atoms with Gasteiger partial charge in [-0.2, -0.15) is 0 Å². The highest BCUT2D eigenvalue weighted by molar-refractivity contribution is 5.85. The van der Waals surface area contributed by atoms with Crippen LogP contribution in [0.1, 0.15) is 49.4 Å². The molecule has 1 unspecified atom stereocenters.